The minimum atomic E-state index is -3.30. The molecule has 0 bridgehead atoms. The van der Waals surface area contributed by atoms with Gasteiger partial charge in [0.15, 0.2) is 9.84 Å². The number of sulfone groups is 1. The molecule has 20 heavy (non-hydrogen) atoms. The molecule has 3 N–H and O–H groups in total. The Kier molecular flexibility index (Phi) is 5.71. The van der Waals surface area contributed by atoms with Gasteiger partial charge in [-0.15, -0.1) is 0 Å². The van der Waals surface area contributed by atoms with Crippen LogP contribution in [0, 0.1) is 0 Å². The van der Waals surface area contributed by atoms with Gasteiger partial charge in [0.2, 0.25) is 0 Å². The molecule has 1 unspecified atom stereocenters. The average molecular weight is 298 g/mol. The predicted molar refractivity (Wildman–Crippen MR) is 79.4 cm³/mol. The molecule has 0 radical (unpaired) electrons. The molecule has 1 amide bonds. The standard InChI is InChI=1S/C14H22N2O3S/c1-10(2)20(18,19)13-6-4-12(5-7-13)14(17)16-9-8-11(3)15/h4-7,10-11H,8-9,15H2,1-3H3,(H,16,17). The maximum absolute atomic E-state index is 11.9. The van der Waals surface area contributed by atoms with Crippen molar-refractivity contribution in [1.82, 2.24) is 5.32 Å². The number of nitrogens with one attached hydrogen (secondary N) is 1. The van der Waals surface area contributed by atoms with Crippen LogP contribution in [0.3, 0.4) is 0 Å². The molecule has 1 aromatic rings. The van der Waals surface area contributed by atoms with Crippen molar-refractivity contribution < 1.29 is 13.2 Å². The molecule has 0 aromatic heterocycles. The first-order chi connectivity index (χ1) is 9.25. The highest BCUT2D eigenvalue weighted by Gasteiger charge is 2.19. The Bertz CT molecular complexity index is 548. The van der Waals surface area contributed by atoms with Gasteiger partial charge >= 0.3 is 0 Å². The van der Waals surface area contributed by atoms with Crippen LogP contribution in [-0.4, -0.2) is 32.2 Å². The zero-order valence-corrected chi connectivity index (χ0v) is 12.9. The lowest BCUT2D eigenvalue weighted by Crippen LogP contribution is -2.28. The van der Waals surface area contributed by atoms with Gasteiger partial charge in [0.05, 0.1) is 10.1 Å². The molecule has 0 saturated carbocycles. The summed E-state index contributed by atoms with van der Waals surface area (Å²) in [5.41, 5.74) is 6.04. The molecule has 0 spiro atoms. The van der Waals surface area contributed by atoms with E-state index in [1.165, 1.54) is 24.3 Å². The van der Waals surface area contributed by atoms with Crippen LogP contribution >= 0.6 is 0 Å². The van der Waals surface area contributed by atoms with Crippen LogP contribution in [-0.2, 0) is 9.84 Å². The van der Waals surface area contributed by atoms with E-state index in [1.807, 2.05) is 6.92 Å². The van der Waals surface area contributed by atoms with Crippen LogP contribution in [0.2, 0.25) is 0 Å². The number of rotatable bonds is 6. The molecule has 0 heterocycles. The molecular weight excluding hydrogens is 276 g/mol. The van der Waals surface area contributed by atoms with Crippen LogP contribution in [0.25, 0.3) is 0 Å². The first-order valence-corrected chi connectivity index (χ1v) is 8.17. The maximum atomic E-state index is 11.9. The second kappa shape index (κ2) is 6.85. The minimum Gasteiger partial charge on any atom is -0.352 e. The maximum Gasteiger partial charge on any atom is 0.251 e. The van der Waals surface area contributed by atoms with Crippen molar-refractivity contribution in [3.63, 3.8) is 0 Å². The third-order valence-corrected chi connectivity index (χ3v) is 5.12. The lowest BCUT2D eigenvalue weighted by Gasteiger charge is -2.09. The van der Waals surface area contributed by atoms with E-state index in [9.17, 15) is 13.2 Å². The third kappa shape index (κ3) is 4.31. The fourth-order valence-corrected chi connectivity index (χ4v) is 2.64. The smallest absolute Gasteiger partial charge is 0.251 e. The largest absolute Gasteiger partial charge is 0.352 e. The lowest BCUT2D eigenvalue weighted by atomic mass is 10.2. The summed E-state index contributed by atoms with van der Waals surface area (Å²) in [4.78, 5) is 12.1. The Labute approximate surface area is 120 Å². The molecule has 0 fully saturated rings. The zero-order valence-electron chi connectivity index (χ0n) is 12.1. The van der Waals surface area contributed by atoms with Crippen molar-refractivity contribution in [2.75, 3.05) is 6.54 Å². The molecule has 6 heteroatoms. The van der Waals surface area contributed by atoms with Gasteiger partial charge in [-0.2, -0.15) is 0 Å². The van der Waals surface area contributed by atoms with Gasteiger partial charge in [-0.05, 0) is 51.5 Å². The Morgan fingerprint density at radius 2 is 1.75 bits per heavy atom. The third-order valence-electron chi connectivity index (χ3n) is 2.95. The fourth-order valence-electron chi connectivity index (χ4n) is 1.58. The van der Waals surface area contributed by atoms with Gasteiger partial charge in [0.25, 0.3) is 5.91 Å². The zero-order chi connectivity index (χ0) is 15.3. The molecular formula is C14H22N2O3S. The number of amides is 1. The molecule has 1 aromatic carbocycles. The van der Waals surface area contributed by atoms with Crippen molar-refractivity contribution >= 4 is 15.7 Å². The number of carbonyl (C=O) groups is 1. The summed E-state index contributed by atoms with van der Waals surface area (Å²) in [6.45, 7) is 5.63. The highest BCUT2D eigenvalue weighted by molar-refractivity contribution is 7.92. The Morgan fingerprint density at radius 3 is 2.20 bits per heavy atom. The summed E-state index contributed by atoms with van der Waals surface area (Å²) in [5.74, 6) is -0.223. The van der Waals surface area contributed by atoms with E-state index in [0.717, 1.165) is 0 Å². The second-order valence-electron chi connectivity index (χ2n) is 5.14. The Hall–Kier alpha value is -1.40. The minimum absolute atomic E-state index is 0.0360. The SMILES string of the molecule is CC(N)CCNC(=O)c1ccc(S(=O)(=O)C(C)C)cc1. The van der Waals surface area contributed by atoms with Crippen LogP contribution in [0.5, 0.6) is 0 Å². The van der Waals surface area contributed by atoms with E-state index in [4.69, 9.17) is 5.73 Å². The normalized spacial score (nSPS) is 13.2. The van der Waals surface area contributed by atoms with Gasteiger partial charge in [-0.3, -0.25) is 4.79 Å². The van der Waals surface area contributed by atoms with E-state index in [2.05, 4.69) is 5.32 Å². The first kappa shape index (κ1) is 16.7. The molecule has 5 nitrogen and oxygen atoms in total. The number of carbonyl (C=O) groups excluding carboxylic acids is 1. The van der Waals surface area contributed by atoms with Gasteiger partial charge in [0, 0.05) is 18.2 Å². The van der Waals surface area contributed by atoms with Crippen LogP contribution < -0.4 is 11.1 Å². The molecule has 0 aliphatic heterocycles. The lowest BCUT2D eigenvalue weighted by molar-refractivity contribution is 0.0952. The number of hydrogen-bond donors (Lipinski definition) is 2. The number of hydrogen-bond acceptors (Lipinski definition) is 4. The molecule has 1 atom stereocenters. The highest BCUT2D eigenvalue weighted by atomic mass is 32.2. The Balaban J connectivity index is 2.74. The predicted octanol–water partition coefficient (Wildman–Crippen LogP) is 1.34. The van der Waals surface area contributed by atoms with E-state index < -0.39 is 15.1 Å². The van der Waals surface area contributed by atoms with Gasteiger partial charge in [-0.25, -0.2) is 8.42 Å². The topological polar surface area (TPSA) is 89.3 Å². The van der Waals surface area contributed by atoms with Gasteiger partial charge in [0.1, 0.15) is 0 Å². The Morgan fingerprint density at radius 1 is 1.20 bits per heavy atom. The highest BCUT2D eigenvalue weighted by Crippen LogP contribution is 2.16. The molecule has 0 saturated heterocycles. The summed E-state index contributed by atoms with van der Waals surface area (Å²) in [6, 6.07) is 6.02. The summed E-state index contributed by atoms with van der Waals surface area (Å²) < 4.78 is 23.9. The van der Waals surface area contributed by atoms with Crippen LogP contribution in [0.1, 0.15) is 37.6 Å². The van der Waals surface area contributed by atoms with Crippen molar-refractivity contribution in [2.24, 2.45) is 5.73 Å². The summed E-state index contributed by atoms with van der Waals surface area (Å²) in [6.07, 6.45) is 0.700. The van der Waals surface area contributed by atoms with Crippen LogP contribution in [0.4, 0.5) is 0 Å². The monoisotopic (exact) mass is 298 g/mol. The molecule has 112 valence electrons. The molecule has 0 aliphatic carbocycles. The quantitative estimate of drug-likeness (QED) is 0.829. The van der Waals surface area contributed by atoms with Gasteiger partial charge in [-0.1, -0.05) is 0 Å². The molecule has 1 rings (SSSR count). The fraction of sp³-hybridized carbons (Fsp3) is 0.500. The summed E-state index contributed by atoms with van der Waals surface area (Å²) >= 11 is 0. The van der Waals surface area contributed by atoms with Crippen LogP contribution in [0.15, 0.2) is 29.2 Å². The van der Waals surface area contributed by atoms with Gasteiger partial charge < -0.3 is 11.1 Å². The molecule has 0 aliphatic rings. The average Bonchev–Trinajstić information content (AvgIpc) is 2.38. The van der Waals surface area contributed by atoms with Crippen molar-refractivity contribution in [3.8, 4) is 0 Å². The summed E-state index contributed by atoms with van der Waals surface area (Å²) in [7, 11) is -3.30. The van der Waals surface area contributed by atoms with E-state index in [1.54, 1.807) is 13.8 Å². The number of benzene rings is 1. The van der Waals surface area contributed by atoms with E-state index >= 15 is 0 Å². The van der Waals surface area contributed by atoms with E-state index in [-0.39, 0.29) is 16.8 Å². The summed E-state index contributed by atoms with van der Waals surface area (Å²) in [5, 5.41) is 2.26. The van der Waals surface area contributed by atoms with Crippen molar-refractivity contribution in [3.05, 3.63) is 29.8 Å². The van der Waals surface area contributed by atoms with E-state index in [0.29, 0.717) is 18.5 Å². The van der Waals surface area contributed by atoms with Crippen molar-refractivity contribution in [2.45, 2.75) is 43.4 Å². The first-order valence-electron chi connectivity index (χ1n) is 6.63. The number of nitrogens with two attached hydrogens (primary N) is 1. The van der Waals surface area contributed by atoms with Crippen molar-refractivity contribution in [1.29, 1.82) is 0 Å². The second-order valence-corrected chi connectivity index (χ2v) is 7.64.